The average Bonchev–Trinajstić information content (AvgIpc) is 2.65. The molecule has 1 aliphatic heterocycles. The number of ether oxygens (including phenoxy) is 4. The fraction of sp³-hybridized carbons (Fsp3) is 0.278. The first-order valence-corrected chi connectivity index (χ1v) is 7.45. The molecule has 0 fully saturated rings. The van der Waals surface area contributed by atoms with Gasteiger partial charge in [0.15, 0.2) is 35.2 Å². The van der Waals surface area contributed by atoms with Gasteiger partial charge >= 0.3 is 0 Å². The summed E-state index contributed by atoms with van der Waals surface area (Å²) in [6.07, 6.45) is -0.375. The highest BCUT2D eigenvalue weighted by Crippen LogP contribution is 2.41. The predicted octanol–water partition coefficient (Wildman–Crippen LogP) is 2.39. The lowest BCUT2D eigenvalue weighted by atomic mass is 10.0. The number of aliphatic hydroxyl groups is 1. The number of carbonyl (C=O) groups is 1. The van der Waals surface area contributed by atoms with E-state index in [2.05, 4.69) is 0 Å². The predicted molar refractivity (Wildman–Crippen MR) is 86.2 cm³/mol. The number of fused-ring (bicyclic) bond motifs is 1. The molecule has 1 heterocycles. The van der Waals surface area contributed by atoms with Gasteiger partial charge in [-0.05, 0) is 30.3 Å². The third-order valence-electron chi connectivity index (χ3n) is 3.89. The van der Waals surface area contributed by atoms with Crippen molar-refractivity contribution in [1.29, 1.82) is 0 Å². The number of aldehydes is 1. The fourth-order valence-electron chi connectivity index (χ4n) is 2.67. The minimum atomic E-state index is -0.600. The van der Waals surface area contributed by atoms with E-state index < -0.39 is 12.2 Å². The Bertz CT molecular complexity index is 742. The molecular weight excluding hydrogens is 312 g/mol. The van der Waals surface area contributed by atoms with Crippen molar-refractivity contribution in [2.45, 2.75) is 12.2 Å². The third-order valence-corrected chi connectivity index (χ3v) is 3.89. The fourth-order valence-corrected chi connectivity index (χ4v) is 2.67. The van der Waals surface area contributed by atoms with Crippen molar-refractivity contribution in [2.24, 2.45) is 0 Å². The van der Waals surface area contributed by atoms with Gasteiger partial charge in [0.05, 0.1) is 20.8 Å². The molecule has 6 nitrogen and oxygen atoms in total. The molecule has 0 spiro atoms. The van der Waals surface area contributed by atoms with Gasteiger partial charge in [0.25, 0.3) is 0 Å². The Morgan fingerprint density at radius 1 is 1.04 bits per heavy atom. The first kappa shape index (κ1) is 16.1. The molecule has 24 heavy (non-hydrogen) atoms. The van der Waals surface area contributed by atoms with Crippen LogP contribution in [0.4, 0.5) is 0 Å². The van der Waals surface area contributed by atoms with Crippen LogP contribution >= 0.6 is 0 Å². The van der Waals surface area contributed by atoms with E-state index in [0.29, 0.717) is 28.6 Å². The minimum absolute atomic E-state index is 0.232. The summed E-state index contributed by atoms with van der Waals surface area (Å²) in [5, 5.41) is 9.67. The molecule has 6 heteroatoms. The highest BCUT2D eigenvalue weighted by Gasteiger charge is 2.33. The van der Waals surface area contributed by atoms with Gasteiger partial charge < -0.3 is 24.1 Å². The van der Waals surface area contributed by atoms with Crippen molar-refractivity contribution in [2.75, 3.05) is 20.8 Å². The van der Waals surface area contributed by atoms with Crippen molar-refractivity contribution < 1.29 is 28.8 Å². The van der Waals surface area contributed by atoms with Crippen molar-refractivity contribution in [3.05, 3.63) is 47.5 Å². The third kappa shape index (κ3) is 2.88. The number of benzene rings is 2. The normalized spacial score (nSPS) is 18.8. The Hall–Kier alpha value is -2.73. The molecule has 3 rings (SSSR count). The van der Waals surface area contributed by atoms with E-state index in [1.807, 2.05) is 6.07 Å². The number of methoxy groups -OCH3 is 2. The van der Waals surface area contributed by atoms with E-state index in [9.17, 15) is 9.90 Å². The molecule has 0 aliphatic carbocycles. The van der Waals surface area contributed by atoms with Crippen LogP contribution in [0.15, 0.2) is 36.4 Å². The summed E-state index contributed by atoms with van der Waals surface area (Å²) in [4.78, 5) is 10.9. The van der Waals surface area contributed by atoms with Gasteiger partial charge in [0, 0.05) is 11.1 Å². The maximum Gasteiger partial charge on any atom is 0.163 e. The van der Waals surface area contributed by atoms with Crippen LogP contribution in [-0.4, -0.2) is 38.3 Å². The van der Waals surface area contributed by atoms with E-state index >= 15 is 0 Å². The Morgan fingerprint density at radius 3 is 2.50 bits per heavy atom. The molecule has 0 saturated heterocycles. The summed E-state index contributed by atoms with van der Waals surface area (Å²) in [7, 11) is 3.12. The molecule has 0 amide bonds. The van der Waals surface area contributed by atoms with Gasteiger partial charge in [-0.15, -0.1) is 0 Å². The maximum atomic E-state index is 10.9. The molecule has 0 unspecified atom stereocenters. The number of hydrogen-bond acceptors (Lipinski definition) is 6. The molecule has 1 N–H and O–H groups in total. The molecule has 0 saturated carbocycles. The zero-order chi connectivity index (χ0) is 17.1. The van der Waals surface area contributed by atoms with E-state index in [1.165, 1.54) is 0 Å². The first-order valence-electron chi connectivity index (χ1n) is 7.45. The van der Waals surface area contributed by atoms with Crippen molar-refractivity contribution in [1.82, 2.24) is 0 Å². The summed E-state index contributed by atoms with van der Waals surface area (Å²) in [5.41, 5.74) is 1.27. The summed E-state index contributed by atoms with van der Waals surface area (Å²) in [6.45, 7) is -0.232. The quantitative estimate of drug-likeness (QED) is 0.849. The summed E-state index contributed by atoms with van der Waals surface area (Å²) in [6, 6.07) is 10.3. The molecule has 126 valence electrons. The lowest BCUT2D eigenvalue weighted by molar-refractivity contribution is -0.0124. The van der Waals surface area contributed by atoms with Crippen molar-refractivity contribution in [3.8, 4) is 23.0 Å². The number of carbonyl (C=O) groups excluding carboxylic acids is 1. The largest absolute Gasteiger partial charge is 0.493 e. The monoisotopic (exact) mass is 330 g/mol. The second kappa shape index (κ2) is 6.80. The molecule has 2 atom stereocenters. The second-order valence-electron chi connectivity index (χ2n) is 5.32. The Kier molecular flexibility index (Phi) is 4.57. The highest BCUT2D eigenvalue weighted by atomic mass is 16.6. The topological polar surface area (TPSA) is 74.2 Å². The first-order chi connectivity index (χ1) is 11.7. The summed E-state index contributed by atoms with van der Waals surface area (Å²) >= 11 is 0. The molecule has 0 aromatic heterocycles. The maximum absolute atomic E-state index is 10.9. The van der Waals surface area contributed by atoms with Gasteiger partial charge in [-0.2, -0.15) is 0 Å². The van der Waals surface area contributed by atoms with Gasteiger partial charge in [-0.3, -0.25) is 4.79 Å². The van der Waals surface area contributed by atoms with Crippen LogP contribution in [-0.2, 0) is 0 Å². The smallest absolute Gasteiger partial charge is 0.163 e. The van der Waals surface area contributed by atoms with E-state index in [4.69, 9.17) is 18.9 Å². The number of rotatable bonds is 5. The van der Waals surface area contributed by atoms with Crippen LogP contribution in [0, 0.1) is 0 Å². The highest BCUT2D eigenvalue weighted by molar-refractivity contribution is 5.76. The number of aliphatic hydroxyl groups excluding tert-OH is 1. The van der Waals surface area contributed by atoms with Crippen LogP contribution in [0.25, 0.3) is 0 Å². The van der Waals surface area contributed by atoms with Crippen molar-refractivity contribution >= 4 is 6.29 Å². The van der Waals surface area contributed by atoms with Crippen LogP contribution in [0.5, 0.6) is 23.0 Å². The minimum Gasteiger partial charge on any atom is -0.493 e. The zero-order valence-corrected chi connectivity index (χ0v) is 13.4. The van der Waals surface area contributed by atoms with Gasteiger partial charge in [0.1, 0.15) is 6.29 Å². The Morgan fingerprint density at radius 2 is 1.83 bits per heavy atom. The lowest BCUT2D eigenvalue weighted by Crippen LogP contribution is -2.36. The number of hydrogen-bond donors (Lipinski definition) is 1. The molecule has 2 aromatic carbocycles. The van der Waals surface area contributed by atoms with Gasteiger partial charge in [-0.25, -0.2) is 0 Å². The SMILES string of the molecule is COc1ccc([C@@H]2Oc3ccc(C=O)cc3O[C@H]2CO)cc1OC. The zero-order valence-electron chi connectivity index (χ0n) is 13.4. The Labute approximate surface area is 139 Å². The average molecular weight is 330 g/mol. The van der Waals surface area contributed by atoms with E-state index in [0.717, 1.165) is 11.8 Å². The van der Waals surface area contributed by atoms with Crippen LogP contribution in [0.1, 0.15) is 22.0 Å². The van der Waals surface area contributed by atoms with Crippen molar-refractivity contribution in [3.63, 3.8) is 0 Å². The van der Waals surface area contributed by atoms with Gasteiger partial charge in [0.2, 0.25) is 0 Å². The molecule has 2 aromatic rings. The van der Waals surface area contributed by atoms with E-state index in [1.54, 1.807) is 44.6 Å². The summed E-state index contributed by atoms with van der Waals surface area (Å²) < 4.78 is 22.4. The van der Waals surface area contributed by atoms with Crippen LogP contribution < -0.4 is 18.9 Å². The molecule has 1 aliphatic rings. The van der Waals surface area contributed by atoms with Gasteiger partial charge in [-0.1, -0.05) is 6.07 Å². The Balaban J connectivity index is 1.96. The second-order valence-corrected chi connectivity index (χ2v) is 5.32. The molecule has 0 radical (unpaired) electrons. The summed E-state index contributed by atoms with van der Waals surface area (Å²) in [5.74, 6) is 2.13. The molecule has 0 bridgehead atoms. The van der Waals surface area contributed by atoms with E-state index in [-0.39, 0.29) is 6.61 Å². The lowest BCUT2D eigenvalue weighted by Gasteiger charge is -2.33. The molecular formula is C18H18O6. The standard InChI is InChI=1S/C18H18O6/c1-21-13-6-4-12(8-15(13)22-2)18-17(10-20)23-16-7-11(9-19)3-5-14(16)24-18/h3-9,17-18,20H,10H2,1-2H3/t17-,18-/m0/s1. The van der Waals surface area contributed by atoms with Crippen LogP contribution in [0.3, 0.4) is 0 Å². The van der Waals surface area contributed by atoms with Crippen LogP contribution in [0.2, 0.25) is 0 Å².